The summed E-state index contributed by atoms with van der Waals surface area (Å²) in [6, 6.07) is 26.9. The summed E-state index contributed by atoms with van der Waals surface area (Å²) in [6.07, 6.45) is 0. The molecule has 0 fully saturated rings. The van der Waals surface area contributed by atoms with Gasteiger partial charge in [-0.3, -0.25) is 10.1 Å². The van der Waals surface area contributed by atoms with Crippen LogP contribution in [-0.4, -0.2) is 22.4 Å². The third-order valence-corrected chi connectivity index (χ3v) is 4.94. The number of aryl methyl sites for hydroxylation is 1. The Morgan fingerprint density at radius 3 is 2.03 bits per heavy atom. The summed E-state index contributed by atoms with van der Waals surface area (Å²) in [7, 11) is 0. The zero-order valence-electron chi connectivity index (χ0n) is 17.0. The fraction of sp³-hybridized carbons (Fsp3) is 0.0800. The van der Waals surface area contributed by atoms with Gasteiger partial charge >= 0.3 is 0 Å². The fourth-order valence-corrected chi connectivity index (χ4v) is 3.18. The van der Waals surface area contributed by atoms with E-state index in [9.17, 15) is 4.79 Å². The Morgan fingerprint density at radius 1 is 0.839 bits per heavy atom. The van der Waals surface area contributed by atoms with E-state index in [0.29, 0.717) is 10.7 Å². The summed E-state index contributed by atoms with van der Waals surface area (Å²) in [5.74, 6) is 0.0230. The van der Waals surface area contributed by atoms with Gasteiger partial charge in [0.2, 0.25) is 11.9 Å². The van der Waals surface area contributed by atoms with Crippen molar-refractivity contribution in [2.45, 2.75) is 6.92 Å². The van der Waals surface area contributed by atoms with E-state index in [-0.39, 0.29) is 18.4 Å². The third kappa shape index (κ3) is 5.47. The summed E-state index contributed by atoms with van der Waals surface area (Å²) in [6.45, 7) is 2.15. The Kier molecular flexibility index (Phi) is 6.24. The van der Waals surface area contributed by atoms with Crippen molar-refractivity contribution < 1.29 is 4.79 Å². The fourth-order valence-electron chi connectivity index (χ4n) is 3.05. The minimum Gasteiger partial charge on any atom is -0.376 e. The molecule has 0 atom stereocenters. The highest BCUT2D eigenvalue weighted by atomic mass is 35.5. The molecular weight excluding hydrogens is 408 g/mol. The minimum atomic E-state index is -0.230. The van der Waals surface area contributed by atoms with E-state index < -0.39 is 0 Å². The second kappa shape index (κ2) is 9.41. The van der Waals surface area contributed by atoms with Crippen LogP contribution in [0.1, 0.15) is 5.56 Å². The number of halogens is 1. The number of nitrogens with zero attached hydrogens (tertiary/aromatic N) is 2. The number of hydrogen-bond acceptors (Lipinski definition) is 4. The number of anilines is 2. The molecule has 3 aromatic carbocycles. The molecule has 0 saturated carbocycles. The van der Waals surface area contributed by atoms with Crippen LogP contribution in [-0.2, 0) is 4.79 Å². The highest BCUT2D eigenvalue weighted by Gasteiger charge is 2.11. The van der Waals surface area contributed by atoms with Gasteiger partial charge in [0.1, 0.15) is 0 Å². The standard InChI is InChI=1S/C25H21ClN4O/c1-17-7-9-18(10-8-17)22-15-23(19-11-13-20(26)14-12-19)29-25(28-22)30-24(31)16-27-21-5-3-2-4-6-21/h2-15,27H,16H2,1H3,(H,28,29,30,31). The Bertz CT molecular complexity index is 1110. The van der Waals surface area contributed by atoms with Crippen LogP contribution >= 0.6 is 11.6 Å². The normalized spacial score (nSPS) is 10.5. The monoisotopic (exact) mass is 428 g/mol. The van der Waals surface area contributed by atoms with Gasteiger partial charge in [-0.2, -0.15) is 0 Å². The van der Waals surface area contributed by atoms with Crippen LogP contribution in [0, 0.1) is 6.92 Å². The highest BCUT2D eigenvalue weighted by Crippen LogP contribution is 2.26. The molecule has 2 N–H and O–H groups in total. The highest BCUT2D eigenvalue weighted by molar-refractivity contribution is 6.30. The maximum Gasteiger partial charge on any atom is 0.246 e. The van der Waals surface area contributed by atoms with E-state index >= 15 is 0 Å². The predicted molar refractivity (Wildman–Crippen MR) is 126 cm³/mol. The molecule has 0 radical (unpaired) electrons. The van der Waals surface area contributed by atoms with Crippen LogP contribution in [0.2, 0.25) is 5.02 Å². The molecule has 1 amide bonds. The van der Waals surface area contributed by atoms with Crippen molar-refractivity contribution in [3.63, 3.8) is 0 Å². The van der Waals surface area contributed by atoms with Crippen LogP contribution in [0.25, 0.3) is 22.5 Å². The largest absolute Gasteiger partial charge is 0.376 e. The van der Waals surface area contributed by atoms with Crippen LogP contribution in [0.3, 0.4) is 0 Å². The van der Waals surface area contributed by atoms with Gasteiger partial charge < -0.3 is 5.32 Å². The van der Waals surface area contributed by atoms with E-state index in [4.69, 9.17) is 11.6 Å². The number of rotatable bonds is 6. The van der Waals surface area contributed by atoms with E-state index in [0.717, 1.165) is 28.1 Å². The van der Waals surface area contributed by atoms with Gasteiger partial charge in [0.25, 0.3) is 0 Å². The first-order valence-corrected chi connectivity index (χ1v) is 10.3. The maximum atomic E-state index is 12.5. The molecule has 0 saturated heterocycles. The first-order chi connectivity index (χ1) is 15.1. The Labute approximate surface area is 186 Å². The van der Waals surface area contributed by atoms with Gasteiger partial charge in [-0.25, -0.2) is 9.97 Å². The summed E-state index contributed by atoms with van der Waals surface area (Å²) in [5.41, 5.74) is 5.30. The molecule has 1 heterocycles. The first-order valence-electron chi connectivity index (χ1n) is 9.88. The molecule has 31 heavy (non-hydrogen) atoms. The van der Waals surface area contributed by atoms with Crippen molar-refractivity contribution in [1.82, 2.24) is 9.97 Å². The summed E-state index contributed by atoms with van der Waals surface area (Å²) >= 11 is 6.03. The lowest BCUT2D eigenvalue weighted by Gasteiger charge is -2.11. The second-order valence-corrected chi connectivity index (χ2v) is 7.54. The van der Waals surface area contributed by atoms with Crippen LogP contribution in [0.15, 0.2) is 84.9 Å². The molecule has 154 valence electrons. The number of aromatic nitrogens is 2. The molecular formula is C25H21ClN4O. The van der Waals surface area contributed by atoms with E-state index in [1.165, 1.54) is 0 Å². The summed E-state index contributed by atoms with van der Waals surface area (Å²) in [4.78, 5) is 21.6. The van der Waals surface area contributed by atoms with Gasteiger partial charge in [0.15, 0.2) is 0 Å². The molecule has 0 aliphatic rings. The number of carbonyl (C=O) groups is 1. The first kappa shape index (κ1) is 20.6. The number of nitrogens with one attached hydrogen (secondary N) is 2. The second-order valence-electron chi connectivity index (χ2n) is 7.10. The van der Waals surface area contributed by atoms with Crippen molar-refractivity contribution in [1.29, 1.82) is 0 Å². The lowest BCUT2D eigenvalue weighted by atomic mass is 10.1. The number of hydrogen-bond donors (Lipinski definition) is 2. The zero-order valence-corrected chi connectivity index (χ0v) is 17.7. The average Bonchev–Trinajstić information content (AvgIpc) is 2.79. The Hall–Kier alpha value is -3.70. The van der Waals surface area contributed by atoms with Crippen molar-refractivity contribution in [2.75, 3.05) is 17.2 Å². The van der Waals surface area contributed by atoms with Crippen molar-refractivity contribution in [2.24, 2.45) is 0 Å². The smallest absolute Gasteiger partial charge is 0.246 e. The molecule has 0 aliphatic heterocycles. The Morgan fingerprint density at radius 2 is 1.42 bits per heavy atom. The zero-order chi connectivity index (χ0) is 21.6. The van der Waals surface area contributed by atoms with Gasteiger partial charge in [0.05, 0.1) is 17.9 Å². The number of amides is 1. The molecule has 4 rings (SSSR count). The quantitative estimate of drug-likeness (QED) is 0.406. The van der Waals surface area contributed by atoms with Crippen molar-refractivity contribution in [3.05, 3.63) is 95.5 Å². The van der Waals surface area contributed by atoms with Crippen LogP contribution in [0.4, 0.5) is 11.6 Å². The van der Waals surface area contributed by atoms with Gasteiger partial charge in [0, 0.05) is 21.8 Å². The Balaban J connectivity index is 1.61. The van der Waals surface area contributed by atoms with Gasteiger partial charge in [-0.1, -0.05) is 71.8 Å². The molecule has 0 spiro atoms. The van der Waals surface area contributed by atoms with Crippen LogP contribution in [0.5, 0.6) is 0 Å². The average molecular weight is 429 g/mol. The molecule has 4 aromatic rings. The number of benzene rings is 3. The molecule has 0 bridgehead atoms. The van der Waals surface area contributed by atoms with E-state index in [1.54, 1.807) is 0 Å². The summed E-state index contributed by atoms with van der Waals surface area (Å²) in [5, 5.41) is 6.54. The van der Waals surface area contributed by atoms with Crippen LogP contribution < -0.4 is 10.6 Å². The SMILES string of the molecule is Cc1ccc(-c2cc(-c3ccc(Cl)cc3)nc(NC(=O)CNc3ccccc3)n2)cc1. The van der Waals surface area contributed by atoms with Crippen molar-refractivity contribution in [3.8, 4) is 22.5 Å². The van der Waals surface area contributed by atoms with Gasteiger partial charge in [-0.15, -0.1) is 0 Å². The number of para-hydroxylation sites is 1. The van der Waals surface area contributed by atoms with E-state index in [2.05, 4.69) is 20.6 Å². The third-order valence-electron chi connectivity index (χ3n) is 4.69. The van der Waals surface area contributed by atoms with E-state index in [1.807, 2.05) is 91.9 Å². The molecule has 0 aliphatic carbocycles. The van der Waals surface area contributed by atoms with Gasteiger partial charge in [-0.05, 0) is 37.3 Å². The molecule has 1 aromatic heterocycles. The topological polar surface area (TPSA) is 66.9 Å². The lowest BCUT2D eigenvalue weighted by molar-refractivity contribution is -0.114. The molecule has 5 nitrogen and oxygen atoms in total. The maximum absolute atomic E-state index is 12.5. The molecule has 6 heteroatoms. The van der Waals surface area contributed by atoms with Crippen molar-refractivity contribution >= 4 is 29.1 Å². The molecule has 0 unspecified atom stereocenters. The number of carbonyl (C=O) groups excluding carboxylic acids is 1. The summed E-state index contributed by atoms with van der Waals surface area (Å²) < 4.78 is 0. The predicted octanol–water partition coefficient (Wildman–Crippen LogP) is 5.82. The lowest BCUT2D eigenvalue weighted by Crippen LogP contribution is -2.23. The minimum absolute atomic E-state index is 0.110.